The van der Waals surface area contributed by atoms with Crippen LogP contribution >= 0.6 is 12.6 Å². The zero-order valence-electron chi connectivity index (χ0n) is 5.76. The van der Waals surface area contributed by atoms with Crippen molar-refractivity contribution in [2.75, 3.05) is 11.5 Å². The van der Waals surface area contributed by atoms with Gasteiger partial charge in [0.2, 0.25) is 0 Å². The van der Waals surface area contributed by atoms with Gasteiger partial charge in [-0.2, -0.15) is 0 Å². The molecule has 0 unspecified atom stereocenters. The minimum Gasteiger partial charge on any atom is -0.398 e. The minimum absolute atomic E-state index is 0.676. The van der Waals surface area contributed by atoms with E-state index >= 15 is 0 Å². The van der Waals surface area contributed by atoms with E-state index in [1.807, 2.05) is 13.0 Å². The van der Waals surface area contributed by atoms with Crippen molar-refractivity contribution in [2.24, 2.45) is 0 Å². The molecular formula is C7H10N2S. The van der Waals surface area contributed by atoms with Gasteiger partial charge in [0.25, 0.3) is 0 Å². The van der Waals surface area contributed by atoms with Crippen LogP contribution in [-0.4, -0.2) is 0 Å². The van der Waals surface area contributed by atoms with Crippen LogP contribution in [0.1, 0.15) is 5.56 Å². The molecule has 10 heavy (non-hydrogen) atoms. The Morgan fingerprint density at radius 1 is 1.20 bits per heavy atom. The Morgan fingerprint density at radius 3 is 2.30 bits per heavy atom. The van der Waals surface area contributed by atoms with Crippen LogP contribution < -0.4 is 11.5 Å². The Hall–Kier alpha value is -0.830. The van der Waals surface area contributed by atoms with E-state index in [2.05, 4.69) is 12.6 Å². The summed E-state index contributed by atoms with van der Waals surface area (Å²) >= 11 is 4.11. The molecule has 1 rings (SSSR count). The van der Waals surface area contributed by atoms with Gasteiger partial charge in [-0.3, -0.25) is 0 Å². The van der Waals surface area contributed by atoms with Crippen molar-refractivity contribution < 1.29 is 0 Å². The topological polar surface area (TPSA) is 52.0 Å². The number of hydrogen-bond acceptors (Lipinski definition) is 3. The number of benzene rings is 1. The highest BCUT2D eigenvalue weighted by Crippen LogP contribution is 2.22. The standard InChI is InChI=1S/C7H10N2S/c1-4-2-6(9)7(10)3-5(4)8/h2-3,10H,8-9H2,1H3. The average Bonchev–Trinajstić information content (AvgIpc) is 1.84. The molecule has 0 saturated heterocycles. The van der Waals surface area contributed by atoms with Crippen molar-refractivity contribution in [2.45, 2.75) is 11.8 Å². The van der Waals surface area contributed by atoms with Crippen molar-refractivity contribution in [3.63, 3.8) is 0 Å². The Bertz CT molecular complexity index is 208. The highest BCUT2D eigenvalue weighted by molar-refractivity contribution is 7.80. The van der Waals surface area contributed by atoms with E-state index in [9.17, 15) is 0 Å². The molecule has 0 aromatic heterocycles. The smallest absolute Gasteiger partial charge is 0.0453 e. The minimum atomic E-state index is 0.676. The molecule has 0 saturated carbocycles. The summed E-state index contributed by atoms with van der Waals surface area (Å²) in [6, 6.07) is 3.57. The molecule has 1 aromatic carbocycles. The molecule has 0 radical (unpaired) electrons. The summed E-state index contributed by atoms with van der Waals surface area (Å²) in [6.45, 7) is 1.92. The maximum atomic E-state index is 5.59. The van der Waals surface area contributed by atoms with E-state index < -0.39 is 0 Å². The number of anilines is 2. The lowest BCUT2D eigenvalue weighted by Gasteiger charge is -2.03. The molecule has 0 bridgehead atoms. The van der Waals surface area contributed by atoms with Gasteiger partial charge in [-0.1, -0.05) is 0 Å². The molecule has 0 atom stereocenters. The van der Waals surface area contributed by atoms with Gasteiger partial charge in [0.1, 0.15) is 0 Å². The summed E-state index contributed by atoms with van der Waals surface area (Å²) in [7, 11) is 0. The fraction of sp³-hybridized carbons (Fsp3) is 0.143. The first-order valence-corrected chi connectivity index (χ1v) is 3.40. The molecule has 0 aliphatic heterocycles. The Balaban J connectivity index is 3.28. The number of nitrogen functional groups attached to an aromatic ring is 2. The zero-order valence-corrected chi connectivity index (χ0v) is 6.65. The highest BCUT2D eigenvalue weighted by atomic mass is 32.1. The number of nitrogens with two attached hydrogens (primary N) is 2. The lowest BCUT2D eigenvalue weighted by atomic mass is 10.2. The fourth-order valence-electron chi connectivity index (χ4n) is 0.735. The van der Waals surface area contributed by atoms with Crippen LogP contribution in [0.4, 0.5) is 11.4 Å². The van der Waals surface area contributed by atoms with Gasteiger partial charge in [-0.05, 0) is 24.6 Å². The van der Waals surface area contributed by atoms with E-state index in [4.69, 9.17) is 11.5 Å². The fourth-order valence-corrected chi connectivity index (χ4v) is 0.939. The lowest BCUT2D eigenvalue weighted by Crippen LogP contribution is -1.93. The van der Waals surface area contributed by atoms with Crippen molar-refractivity contribution in [1.82, 2.24) is 0 Å². The summed E-state index contributed by atoms with van der Waals surface area (Å²) in [5, 5.41) is 0. The second-order valence-corrected chi connectivity index (χ2v) is 2.75. The van der Waals surface area contributed by atoms with Gasteiger partial charge < -0.3 is 11.5 Å². The van der Waals surface area contributed by atoms with Crippen LogP contribution in [0.15, 0.2) is 17.0 Å². The van der Waals surface area contributed by atoms with Gasteiger partial charge in [0, 0.05) is 16.3 Å². The van der Waals surface area contributed by atoms with Gasteiger partial charge in [-0.25, -0.2) is 0 Å². The molecule has 0 aliphatic rings. The molecule has 1 aromatic rings. The van der Waals surface area contributed by atoms with Crippen LogP contribution in [0, 0.1) is 6.92 Å². The lowest BCUT2D eigenvalue weighted by molar-refractivity contribution is 1.39. The Morgan fingerprint density at radius 2 is 1.80 bits per heavy atom. The molecule has 0 aliphatic carbocycles. The normalized spacial score (nSPS) is 9.80. The van der Waals surface area contributed by atoms with E-state index in [0.29, 0.717) is 5.69 Å². The Labute approximate surface area is 65.6 Å². The predicted molar refractivity (Wildman–Crippen MR) is 47.3 cm³/mol. The third-order valence-corrected chi connectivity index (χ3v) is 1.80. The van der Waals surface area contributed by atoms with E-state index in [0.717, 1.165) is 16.1 Å². The second-order valence-electron chi connectivity index (χ2n) is 2.27. The van der Waals surface area contributed by atoms with Gasteiger partial charge in [0.05, 0.1) is 0 Å². The van der Waals surface area contributed by atoms with E-state index in [-0.39, 0.29) is 0 Å². The molecule has 54 valence electrons. The van der Waals surface area contributed by atoms with Crippen LogP contribution in [0.25, 0.3) is 0 Å². The zero-order chi connectivity index (χ0) is 7.72. The van der Waals surface area contributed by atoms with Crippen LogP contribution in [0.3, 0.4) is 0 Å². The maximum Gasteiger partial charge on any atom is 0.0453 e. The SMILES string of the molecule is Cc1cc(N)c(S)cc1N. The summed E-state index contributed by atoms with van der Waals surface area (Å²) in [4.78, 5) is 0.739. The van der Waals surface area contributed by atoms with Crippen LogP contribution in [0.5, 0.6) is 0 Å². The first kappa shape index (κ1) is 7.28. The number of thiol groups is 1. The van der Waals surface area contributed by atoms with Gasteiger partial charge in [-0.15, -0.1) is 12.6 Å². The summed E-state index contributed by atoms with van der Waals surface area (Å²) in [5.41, 5.74) is 13.5. The number of aryl methyl sites for hydroxylation is 1. The molecule has 2 nitrogen and oxygen atoms in total. The third-order valence-electron chi connectivity index (χ3n) is 1.42. The van der Waals surface area contributed by atoms with E-state index in [1.54, 1.807) is 6.07 Å². The van der Waals surface area contributed by atoms with Gasteiger partial charge >= 0.3 is 0 Å². The van der Waals surface area contributed by atoms with Crippen LogP contribution in [-0.2, 0) is 0 Å². The molecule has 3 heteroatoms. The van der Waals surface area contributed by atoms with Crippen molar-refractivity contribution in [3.8, 4) is 0 Å². The predicted octanol–water partition coefficient (Wildman–Crippen LogP) is 1.45. The molecular weight excluding hydrogens is 144 g/mol. The second kappa shape index (κ2) is 2.42. The molecule has 0 spiro atoms. The Kier molecular flexibility index (Phi) is 1.76. The summed E-state index contributed by atoms with van der Waals surface area (Å²) in [5.74, 6) is 0. The van der Waals surface area contributed by atoms with Crippen molar-refractivity contribution in [1.29, 1.82) is 0 Å². The van der Waals surface area contributed by atoms with Crippen LogP contribution in [0.2, 0.25) is 0 Å². The number of hydrogen-bond donors (Lipinski definition) is 3. The molecule has 0 heterocycles. The largest absolute Gasteiger partial charge is 0.398 e. The molecule has 4 N–H and O–H groups in total. The van der Waals surface area contributed by atoms with Crippen molar-refractivity contribution in [3.05, 3.63) is 17.7 Å². The average molecular weight is 154 g/mol. The third kappa shape index (κ3) is 1.19. The van der Waals surface area contributed by atoms with Gasteiger partial charge in [0.15, 0.2) is 0 Å². The number of rotatable bonds is 0. The van der Waals surface area contributed by atoms with Crippen molar-refractivity contribution >= 4 is 24.0 Å². The first-order chi connectivity index (χ1) is 4.61. The summed E-state index contributed by atoms with van der Waals surface area (Å²) in [6.07, 6.45) is 0. The first-order valence-electron chi connectivity index (χ1n) is 2.96. The monoisotopic (exact) mass is 154 g/mol. The van der Waals surface area contributed by atoms with E-state index in [1.165, 1.54) is 0 Å². The maximum absolute atomic E-state index is 5.59. The summed E-state index contributed by atoms with van der Waals surface area (Å²) < 4.78 is 0. The highest BCUT2D eigenvalue weighted by Gasteiger charge is 1.97. The molecule has 0 fully saturated rings. The quantitative estimate of drug-likeness (QED) is 0.391. The molecule has 0 amide bonds.